The van der Waals surface area contributed by atoms with Crippen LogP contribution in [0.15, 0.2) is 42.0 Å². The highest BCUT2D eigenvalue weighted by Gasteiger charge is 2.06. The lowest BCUT2D eigenvalue weighted by molar-refractivity contribution is 0.298. The molecular formula is C16H19N3OS. The predicted molar refractivity (Wildman–Crippen MR) is 85.8 cm³/mol. The molecule has 0 bridgehead atoms. The summed E-state index contributed by atoms with van der Waals surface area (Å²) in [6.07, 6.45) is 5.16. The van der Waals surface area contributed by atoms with Gasteiger partial charge in [-0.3, -0.25) is 4.40 Å². The first-order valence-corrected chi connectivity index (χ1v) is 8.07. The van der Waals surface area contributed by atoms with E-state index in [4.69, 9.17) is 4.74 Å². The summed E-state index contributed by atoms with van der Waals surface area (Å²) in [5.74, 6) is 0.928. The lowest BCUT2D eigenvalue weighted by atomic mass is 10.2. The molecule has 0 aliphatic carbocycles. The van der Waals surface area contributed by atoms with E-state index >= 15 is 0 Å². The number of para-hydroxylation sites is 1. The highest BCUT2D eigenvalue weighted by molar-refractivity contribution is 7.15. The third-order valence-electron chi connectivity index (χ3n) is 3.23. The van der Waals surface area contributed by atoms with Crippen LogP contribution in [-0.4, -0.2) is 15.9 Å². The second-order valence-corrected chi connectivity index (χ2v) is 5.77. The molecule has 0 aliphatic rings. The van der Waals surface area contributed by atoms with Crippen LogP contribution in [0.25, 0.3) is 4.96 Å². The summed E-state index contributed by atoms with van der Waals surface area (Å²) in [4.78, 5) is 5.54. The molecule has 0 saturated heterocycles. The lowest BCUT2D eigenvalue weighted by Crippen LogP contribution is -2.14. The summed E-state index contributed by atoms with van der Waals surface area (Å²) in [6, 6.07) is 8.16. The van der Waals surface area contributed by atoms with Gasteiger partial charge in [-0.2, -0.15) is 0 Å². The zero-order chi connectivity index (χ0) is 14.5. The van der Waals surface area contributed by atoms with Gasteiger partial charge in [-0.15, -0.1) is 11.3 Å². The Morgan fingerprint density at radius 2 is 2.24 bits per heavy atom. The van der Waals surface area contributed by atoms with Gasteiger partial charge in [-0.05, 0) is 19.0 Å². The van der Waals surface area contributed by atoms with E-state index in [1.165, 1.54) is 5.56 Å². The molecule has 0 unspecified atom stereocenters. The summed E-state index contributed by atoms with van der Waals surface area (Å²) in [5, 5.41) is 5.44. The molecule has 0 fully saturated rings. The molecule has 3 aromatic rings. The number of imidazole rings is 1. The average molecular weight is 301 g/mol. The second kappa shape index (κ2) is 6.74. The topological polar surface area (TPSA) is 38.6 Å². The summed E-state index contributed by atoms with van der Waals surface area (Å²) < 4.78 is 7.97. The van der Waals surface area contributed by atoms with Gasteiger partial charge in [0.05, 0.1) is 5.69 Å². The summed E-state index contributed by atoms with van der Waals surface area (Å²) in [7, 11) is 0. The number of thiazole rings is 1. The highest BCUT2D eigenvalue weighted by atomic mass is 32.1. The number of hydrogen-bond donors (Lipinski definition) is 1. The number of fused-ring (bicyclic) bond motifs is 1. The van der Waals surface area contributed by atoms with Gasteiger partial charge in [0, 0.05) is 29.9 Å². The fourth-order valence-electron chi connectivity index (χ4n) is 2.19. The Hall–Kier alpha value is -1.85. The maximum atomic E-state index is 5.94. The monoisotopic (exact) mass is 301 g/mol. The maximum Gasteiger partial charge on any atom is 0.193 e. The van der Waals surface area contributed by atoms with E-state index in [9.17, 15) is 0 Å². The standard InChI is InChI=1S/C16H19N3OS/c1-2-7-17-10-13-5-3-4-6-15(13)20-12-14-11-19-8-9-21-16(19)18-14/h3-6,8-9,11,17H,2,7,10,12H2,1H3. The fraction of sp³-hybridized carbons (Fsp3) is 0.312. The number of rotatable bonds is 7. The van der Waals surface area contributed by atoms with Gasteiger partial charge in [0.2, 0.25) is 0 Å². The summed E-state index contributed by atoms with van der Waals surface area (Å²) in [5.41, 5.74) is 2.14. The van der Waals surface area contributed by atoms with Crippen molar-refractivity contribution in [3.8, 4) is 5.75 Å². The van der Waals surface area contributed by atoms with E-state index in [0.29, 0.717) is 6.61 Å². The molecule has 21 heavy (non-hydrogen) atoms. The Bertz CT molecular complexity index is 676. The first-order chi connectivity index (χ1) is 10.4. The Labute approximate surface area is 128 Å². The average Bonchev–Trinajstić information content (AvgIpc) is 3.07. The van der Waals surface area contributed by atoms with Crippen molar-refractivity contribution in [2.24, 2.45) is 0 Å². The van der Waals surface area contributed by atoms with E-state index < -0.39 is 0 Å². The van der Waals surface area contributed by atoms with Crippen molar-refractivity contribution in [1.29, 1.82) is 0 Å². The zero-order valence-electron chi connectivity index (χ0n) is 12.1. The summed E-state index contributed by atoms with van der Waals surface area (Å²) >= 11 is 1.63. The van der Waals surface area contributed by atoms with Crippen LogP contribution in [0.2, 0.25) is 0 Å². The molecule has 0 saturated carbocycles. The number of benzene rings is 1. The number of ether oxygens (including phenoxy) is 1. The van der Waals surface area contributed by atoms with Gasteiger partial charge >= 0.3 is 0 Å². The van der Waals surface area contributed by atoms with E-state index in [-0.39, 0.29) is 0 Å². The lowest BCUT2D eigenvalue weighted by Gasteiger charge is -2.11. The molecular weight excluding hydrogens is 282 g/mol. The van der Waals surface area contributed by atoms with Crippen LogP contribution in [0.4, 0.5) is 0 Å². The normalized spacial score (nSPS) is 11.1. The molecule has 0 amide bonds. The fourth-order valence-corrected chi connectivity index (χ4v) is 2.91. The molecule has 2 aromatic heterocycles. The molecule has 110 valence electrons. The molecule has 2 heterocycles. The molecule has 4 nitrogen and oxygen atoms in total. The molecule has 0 aliphatic heterocycles. The predicted octanol–water partition coefficient (Wildman–Crippen LogP) is 3.47. The van der Waals surface area contributed by atoms with Crippen LogP contribution in [0.1, 0.15) is 24.6 Å². The van der Waals surface area contributed by atoms with E-state index in [1.54, 1.807) is 11.3 Å². The molecule has 3 rings (SSSR count). The van der Waals surface area contributed by atoms with Crippen LogP contribution in [0.3, 0.4) is 0 Å². The second-order valence-electron chi connectivity index (χ2n) is 4.90. The van der Waals surface area contributed by atoms with Gasteiger partial charge in [-0.1, -0.05) is 25.1 Å². The van der Waals surface area contributed by atoms with Gasteiger partial charge in [-0.25, -0.2) is 4.98 Å². The van der Waals surface area contributed by atoms with Crippen LogP contribution in [0, 0.1) is 0 Å². The quantitative estimate of drug-likeness (QED) is 0.679. The summed E-state index contributed by atoms with van der Waals surface area (Å²) in [6.45, 7) is 4.52. The number of nitrogens with one attached hydrogen (secondary N) is 1. The van der Waals surface area contributed by atoms with Crippen molar-refractivity contribution in [3.05, 3.63) is 53.3 Å². The molecule has 5 heteroatoms. The Kier molecular flexibility index (Phi) is 4.52. The van der Waals surface area contributed by atoms with Gasteiger partial charge < -0.3 is 10.1 Å². The number of nitrogens with zero attached hydrogens (tertiary/aromatic N) is 2. The third-order valence-corrected chi connectivity index (χ3v) is 4.00. The number of aromatic nitrogens is 2. The van der Waals surface area contributed by atoms with E-state index in [0.717, 1.165) is 35.9 Å². The minimum absolute atomic E-state index is 0.499. The molecule has 1 aromatic carbocycles. The van der Waals surface area contributed by atoms with Crippen molar-refractivity contribution in [3.63, 3.8) is 0 Å². The molecule has 0 radical (unpaired) electrons. The van der Waals surface area contributed by atoms with Gasteiger partial charge in [0.25, 0.3) is 0 Å². The molecule has 0 spiro atoms. The van der Waals surface area contributed by atoms with E-state index in [1.807, 2.05) is 40.4 Å². The van der Waals surface area contributed by atoms with Crippen molar-refractivity contribution < 1.29 is 4.74 Å². The Morgan fingerprint density at radius 3 is 3.10 bits per heavy atom. The van der Waals surface area contributed by atoms with Crippen LogP contribution in [-0.2, 0) is 13.2 Å². The minimum atomic E-state index is 0.499. The Balaban J connectivity index is 1.65. The minimum Gasteiger partial charge on any atom is -0.487 e. The molecule has 0 atom stereocenters. The first-order valence-electron chi connectivity index (χ1n) is 7.19. The zero-order valence-corrected chi connectivity index (χ0v) is 12.9. The number of hydrogen-bond acceptors (Lipinski definition) is 4. The van der Waals surface area contributed by atoms with Crippen molar-refractivity contribution in [2.45, 2.75) is 26.5 Å². The third kappa shape index (κ3) is 3.43. The van der Waals surface area contributed by atoms with Crippen LogP contribution in [0.5, 0.6) is 5.75 Å². The van der Waals surface area contributed by atoms with Crippen molar-refractivity contribution in [2.75, 3.05) is 6.54 Å². The highest BCUT2D eigenvalue weighted by Crippen LogP contribution is 2.20. The van der Waals surface area contributed by atoms with Crippen molar-refractivity contribution >= 4 is 16.3 Å². The van der Waals surface area contributed by atoms with Gasteiger partial charge in [0.15, 0.2) is 4.96 Å². The largest absolute Gasteiger partial charge is 0.487 e. The molecule has 1 N–H and O–H groups in total. The van der Waals surface area contributed by atoms with Crippen LogP contribution < -0.4 is 10.1 Å². The van der Waals surface area contributed by atoms with Crippen LogP contribution >= 0.6 is 11.3 Å². The first kappa shape index (κ1) is 14.1. The Morgan fingerprint density at radius 1 is 1.33 bits per heavy atom. The van der Waals surface area contributed by atoms with E-state index in [2.05, 4.69) is 23.3 Å². The SMILES string of the molecule is CCCNCc1ccccc1OCc1cn2ccsc2n1. The van der Waals surface area contributed by atoms with Crippen molar-refractivity contribution in [1.82, 2.24) is 14.7 Å². The van der Waals surface area contributed by atoms with Gasteiger partial charge in [0.1, 0.15) is 12.4 Å². The maximum absolute atomic E-state index is 5.94. The smallest absolute Gasteiger partial charge is 0.193 e.